The zero-order chi connectivity index (χ0) is 29.0. The molecule has 3 rings (SSSR count). The van der Waals surface area contributed by atoms with Crippen LogP contribution >= 0.6 is 0 Å². The number of Topliss-reactive ketones (excluding diaryl/α,β-unsaturated/α-hetero) is 1. The van der Waals surface area contributed by atoms with Crippen molar-refractivity contribution in [3.63, 3.8) is 0 Å². The summed E-state index contributed by atoms with van der Waals surface area (Å²) in [5.41, 5.74) is -1.08. The van der Waals surface area contributed by atoms with Gasteiger partial charge in [0.1, 0.15) is 5.60 Å². The number of hydrogen-bond donors (Lipinski definition) is 2. The molecule has 11 heteroatoms. The van der Waals surface area contributed by atoms with Crippen LogP contribution in [0.3, 0.4) is 0 Å². The second-order valence-corrected chi connectivity index (χ2v) is 9.88. The fourth-order valence-electron chi connectivity index (χ4n) is 3.63. The van der Waals surface area contributed by atoms with Gasteiger partial charge in [0.05, 0.1) is 34.7 Å². The molecule has 0 aliphatic rings. The fourth-order valence-corrected chi connectivity index (χ4v) is 3.63. The maximum atomic E-state index is 13.8. The van der Waals surface area contributed by atoms with E-state index in [2.05, 4.69) is 15.6 Å². The van der Waals surface area contributed by atoms with E-state index in [1.54, 1.807) is 63.4 Å². The third-order valence-corrected chi connectivity index (χ3v) is 5.30. The van der Waals surface area contributed by atoms with Crippen molar-refractivity contribution >= 4 is 34.8 Å². The zero-order valence-corrected chi connectivity index (χ0v) is 22.1. The normalized spacial score (nSPS) is 11.5. The second-order valence-electron chi connectivity index (χ2n) is 9.88. The molecule has 0 bridgehead atoms. The maximum Gasteiger partial charge on any atom is 0.418 e. The quantitative estimate of drug-likeness (QED) is 0.265. The average Bonchev–Trinajstić information content (AvgIpc) is 2.83. The van der Waals surface area contributed by atoms with Crippen LogP contribution in [0.4, 0.5) is 35.0 Å². The third-order valence-electron chi connectivity index (χ3n) is 5.30. The van der Waals surface area contributed by atoms with Crippen molar-refractivity contribution in [1.29, 1.82) is 0 Å². The lowest BCUT2D eigenvalue weighted by molar-refractivity contribution is -0.137. The number of rotatable bonds is 7. The number of pyridine rings is 1. The number of alkyl halides is 3. The van der Waals surface area contributed by atoms with Crippen molar-refractivity contribution in [3.8, 4) is 11.3 Å². The number of hydrogen-bond acceptors (Lipinski definition) is 6. The summed E-state index contributed by atoms with van der Waals surface area (Å²) in [7, 11) is 2.83. The fraction of sp³-hybridized carbons (Fsp3) is 0.286. The minimum absolute atomic E-state index is 0.126. The smallest absolute Gasteiger partial charge is 0.418 e. The van der Waals surface area contributed by atoms with Crippen LogP contribution in [0.15, 0.2) is 60.8 Å². The van der Waals surface area contributed by atoms with Gasteiger partial charge >= 0.3 is 12.3 Å². The van der Waals surface area contributed by atoms with Gasteiger partial charge in [-0.2, -0.15) is 13.2 Å². The predicted octanol–water partition coefficient (Wildman–Crippen LogP) is 6.39. The Morgan fingerprint density at radius 2 is 1.62 bits per heavy atom. The Balaban J connectivity index is 1.89. The van der Waals surface area contributed by atoms with E-state index in [4.69, 9.17) is 4.74 Å². The van der Waals surface area contributed by atoms with Gasteiger partial charge in [-0.3, -0.25) is 19.9 Å². The van der Waals surface area contributed by atoms with Crippen LogP contribution in [0.5, 0.6) is 0 Å². The molecule has 0 aliphatic carbocycles. The van der Waals surface area contributed by atoms with Gasteiger partial charge in [0, 0.05) is 31.4 Å². The summed E-state index contributed by atoms with van der Waals surface area (Å²) in [6, 6.07) is 13.6. The van der Waals surface area contributed by atoms with Crippen molar-refractivity contribution in [2.24, 2.45) is 0 Å². The predicted molar refractivity (Wildman–Crippen MR) is 143 cm³/mol. The molecule has 39 heavy (non-hydrogen) atoms. The molecule has 3 aromatic rings. The first kappa shape index (κ1) is 29.2. The molecule has 0 atom stereocenters. The lowest BCUT2D eigenvalue weighted by atomic mass is 10.0. The van der Waals surface area contributed by atoms with Gasteiger partial charge in [-0.05, 0) is 51.1 Å². The van der Waals surface area contributed by atoms with Crippen molar-refractivity contribution in [2.45, 2.75) is 39.0 Å². The van der Waals surface area contributed by atoms with Gasteiger partial charge in [-0.15, -0.1) is 0 Å². The van der Waals surface area contributed by atoms with E-state index >= 15 is 0 Å². The number of aromatic nitrogens is 1. The SMILES string of the molecule is CN(C)c1cc(NC(=O)OC(C)(C)C)c(NC(=O)CC(=O)c2cccc(-c3ccccn3)c2)cc1C(F)(F)F. The highest BCUT2D eigenvalue weighted by atomic mass is 19.4. The lowest BCUT2D eigenvalue weighted by Gasteiger charge is -2.24. The van der Waals surface area contributed by atoms with E-state index < -0.39 is 41.5 Å². The number of benzene rings is 2. The monoisotopic (exact) mass is 542 g/mol. The summed E-state index contributed by atoms with van der Waals surface area (Å²) >= 11 is 0. The number of carbonyl (C=O) groups excluding carboxylic acids is 3. The van der Waals surface area contributed by atoms with E-state index in [-0.39, 0.29) is 22.6 Å². The molecule has 0 spiro atoms. The molecule has 0 unspecified atom stereocenters. The topological polar surface area (TPSA) is 101 Å². The Morgan fingerprint density at radius 3 is 2.21 bits per heavy atom. The number of halogens is 3. The minimum atomic E-state index is -4.76. The molecule has 2 N–H and O–H groups in total. The third kappa shape index (κ3) is 8.03. The van der Waals surface area contributed by atoms with Gasteiger partial charge in [-0.25, -0.2) is 4.79 Å². The molecule has 1 heterocycles. The van der Waals surface area contributed by atoms with Crippen LogP contribution in [0.2, 0.25) is 0 Å². The second kappa shape index (κ2) is 11.5. The van der Waals surface area contributed by atoms with Gasteiger partial charge in [-0.1, -0.05) is 24.3 Å². The number of anilines is 3. The van der Waals surface area contributed by atoms with Crippen LogP contribution in [0, 0.1) is 0 Å². The van der Waals surface area contributed by atoms with Crippen LogP contribution < -0.4 is 15.5 Å². The first-order valence-corrected chi connectivity index (χ1v) is 11.9. The van der Waals surface area contributed by atoms with E-state index in [1.807, 2.05) is 0 Å². The molecular formula is C28H29F3N4O4. The first-order chi connectivity index (χ1) is 18.1. The average molecular weight is 543 g/mol. The molecule has 0 radical (unpaired) electrons. The number of amides is 2. The van der Waals surface area contributed by atoms with Crippen molar-refractivity contribution in [1.82, 2.24) is 4.98 Å². The highest BCUT2D eigenvalue weighted by molar-refractivity contribution is 6.12. The van der Waals surface area contributed by atoms with E-state index in [9.17, 15) is 27.6 Å². The van der Waals surface area contributed by atoms with Crippen LogP contribution in [-0.4, -0.2) is 42.5 Å². The van der Waals surface area contributed by atoms with Gasteiger partial charge in [0.2, 0.25) is 5.91 Å². The highest BCUT2D eigenvalue weighted by Crippen LogP contribution is 2.41. The molecule has 0 saturated carbocycles. The molecule has 0 fully saturated rings. The van der Waals surface area contributed by atoms with Crippen molar-refractivity contribution < 1.29 is 32.3 Å². The van der Waals surface area contributed by atoms with E-state index in [0.717, 1.165) is 6.07 Å². The van der Waals surface area contributed by atoms with Crippen LogP contribution in [0.1, 0.15) is 43.1 Å². The molecule has 8 nitrogen and oxygen atoms in total. The molecule has 2 aromatic carbocycles. The van der Waals surface area contributed by atoms with Gasteiger partial charge in [0.25, 0.3) is 0 Å². The Bertz CT molecular complexity index is 1370. The summed E-state index contributed by atoms with van der Waals surface area (Å²) in [4.78, 5) is 43.5. The zero-order valence-electron chi connectivity index (χ0n) is 22.1. The molecule has 1 aromatic heterocycles. The minimum Gasteiger partial charge on any atom is -0.444 e. The van der Waals surface area contributed by atoms with E-state index in [0.29, 0.717) is 17.3 Å². The molecule has 206 valence electrons. The van der Waals surface area contributed by atoms with Gasteiger partial charge in [0.15, 0.2) is 5.78 Å². The molecular weight excluding hydrogens is 513 g/mol. The Kier molecular flexibility index (Phi) is 8.63. The summed E-state index contributed by atoms with van der Waals surface area (Å²) in [6.45, 7) is 4.88. The Morgan fingerprint density at radius 1 is 0.923 bits per heavy atom. The molecule has 2 amide bonds. The van der Waals surface area contributed by atoms with Crippen molar-refractivity contribution in [3.05, 3.63) is 71.9 Å². The van der Waals surface area contributed by atoms with Crippen molar-refractivity contribution in [2.75, 3.05) is 29.6 Å². The Hall–Kier alpha value is -4.41. The number of nitrogens with zero attached hydrogens (tertiary/aromatic N) is 2. The number of nitrogens with one attached hydrogen (secondary N) is 2. The standard InChI is InChI=1S/C28H29F3N4O4/c1-27(2,3)39-26(38)34-22-15-23(35(4)5)19(28(29,30)31)14-21(22)33-25(37)16-24(36)18-10-8-9-17(13-18)20-11-6-7-12-32-20/h6-15H,16H2,1-5H3,(H,33,37)(H,34,38). The number of ether oxygens (including phenoxy) is 1. The summed E-state index contributed by atoms with van der Waals surface area (Å²) in [5, 5.41) is 4.74. The maximum absolute atomic E-state index is 13.8. The Labute approximate surface area is 224 Å². The molecule has 0 aliphatic heterocycles. The van der Waals surface area contributed by atoms with E-state index in [1.165, 1.54) is 25.1 Å². The first-order valence-electron chi connectivity index (χ1n) is 11.9. The summed E-state index contributed by atoms with van der Waals surface area (Å²) in [6.07, 6.45) is -4.72. The van der Waals surface area contributed by atoms with Gasteiger partial charge < -0.3 is 15.0 Å². The van der Waals surface area contributed by atoms with Crippen LogP contribution in [-0.2, 0) is 15.7 Å². The van der Waals surface area contributed by atoms with Crippen LogP contribution in [0.25, 0.3) is 11.3 Å². The molecule has 0 saturated heterocycles. The summed E-state index contributed by atoms with van der Waals surface area (Å²) in [5.74, 6) is -1.41. The lowest BCUT2D eigenvalue weighted by Crippen LogP contribution is -2.28. The largest absolute Gasteiger partial charge is 0.444 e. The highest BCUT2D eigenvalue weighted by Gasteiger charge is 2.36. The number of carbonyl (C=O) groups is 3. The number of ketones is 1. The summed E-state index contributed by atoms with van der Waals surface area (Å²) < 4.78 is 46.7.